The Morgan fingerprint density at radius 1 is 0.871 bits per heavy atom. The monoisotopic (exact) mass is 422 g/mol. The van der Waals surface area contributed by atoms with E-state index in [0.717, 1.165) is 44.2 Å². The third-order valence-corrected chi connectivity index (χ3v) is 6.77. The summed E-state index contributed by atoms with van der Waals surface area (Å²) in [7, 11) is 0. The molecular formula is C26H31FN2O2. The Labute approximate surface area is 184 Å². The van der Waals surface area contributed by atoms with Gasteiger partial charge in [0.15, 0.2) is 0 Å². The molecule has 0 aromatic heterocycles. The molecule has 2 fully saturated rings. The SMILES string of the molecule is O=C(Cc1ccc(F)cc1)N1CCC([C@H]2CCCCN(Cc3ccccc3)C2=O)CC1. The van der Waals surface area contributed by atoms with Crippen molar-refractivity contribution in [1.82, 2.24) is 9.80 Å². The first-order valence-electron chi connectivity index (χ1n) is 11.4. The third kappa shape index (κ3) is 5.52. The molecular weight excluding hydrogens is 391 g/mol. The molecule has 0 N–H and O–H groups in total. The maximum Gasteiger partial charge on any atom is 0.226 e. The molecule has 31 heavy (non-hydrogen) atoms. The minimum Gasteiger partial charge on any atom is -0.342 e. The van der Waals surface area contributed by atoms with Gasteiger partial charge in [0.05, 0.1) is 6.42 Å². The third-order valence-electron chi connectivity index (χ3n) is 6.77. The predicted molar refractivity (Wildman–Crippen MR) is 119 cm³/mol. The van der Waals surface area contributed by atoms with E-state index in [4.69, 9.17) is 0 Å². The highest BCUT2D eigenvalue weighted by molar-refractivity contribution is 5.80. The number of halogens is 1. The van der Waals surface area contributed by atoms with Gasteiger partial charge in [0.2, 0.25) is 11.8 Å². The molecule has 5 heteroatoms. The zero-order valence-corrected chi connectivity index (χ0v) is 18.0. The molecule has 164 valence electrons. The van der Waals surface area contributed by atoms with E-state index in [9.17, 15) is 14.0 Å². The average Bonchev–Trinajstić information content (AvgIpc) is 2.98. The Morgan fingerprint density at radius 2 is 1.58 bits per heavy atom. The number of piperidine rings is 1. The second-order valence-corrected chi connectivity index (χ2v) is 8.87. The Bertz CT molecular complexity index is 876. The molecule has 0 unspecified atom stereocenters. The van der Waals surface area contributed by atoms with Crippen LogP contribution in [0.2, 0.25) is 0 Å². The summed E-state index contributed by atoms with van der Waals surface area (Å²) in [4.78, 5) is 30.0. The highest BCUT2D eigenvalue weighted by Gasteiger charge is 2.35. The summed E-state index contributed by atoms with van der Waals surface area (Å²) in [5.41, 5.74) is 2.02. The van der Waals surface area contributed by atoms with Gasteiger partial charge in [-0.2, -0.15) is 0 Å². The highest BCUT2D eigenvalue weighted by Crippen LogP contribution is 2.33. The van der Waals surface area contributed by atoms with Gasteiger partial charge in [0.1, 0.15) is 5.82 Å². The van der Waals surface area contributed by atoms with Gasteiger partial charge >= 0.3 is 0 Å². The van der Waals surface area contributed by atoms with E-state index in [1.807, 2.05) is 28.0 Å². The largest absolute Gasteiger partial charge is 0.342 e. The number of carbonyl (C=O) groups excluding carboxylic acids is 2. The van der Waals surface area contributed by atoms with Crippen LogP contribution in [0.1, 0.15) is 43.2 Å². The molecule has 1 atom stereocenters. The summed E-state index contributed by atoms with van der Waals surface area (Å²) in [5, 5.41) is 0. The standard InChI is InChI=1S/C26H31FN2O2/c27-23-11-9-20(10-12-23)18-25(30)28-16-13-22(14-17-28)24-8-4-5-15-29(26(24)31)19-21-6-2-1-3-7-21/h1-3,6-7,9-12,22,24H,4-5,8,13-19H2/t24-/m1/s1. The lowest BCUT2D eigenvalue weighted by Gasteiger charge is -2.36. The fraction of sp³-hybridized carbons (Fsp3) is 0.462. The zero-order valence-electron chi connectivity index (χ0n) is 18.0. The fourth-order valence-corrected chi connectivity index (χ4v) is 4.97. The summed E-state index contributed by atoms with van der Waals surface area (Å²) >= 11 is 0. The van der Waals surface area contributed by atoms with Crippen molar-refractivity contribution in [3.63, 3.8) is 0 Å². The molecule has 0 radical (unpaired) electrons. The van der Waals surface area contributed by atoms with E-state index in [1.54, 1.807) is 12.1 Å². The smallest absolute Gasteiger partial charge is 0.226 e. The van der Waals surface area contributed by atoms with Crippen LogP contribution in [0.25, 0.3) is 0 Å². The van der Waals surface area contributed by atoms with Crippen LogP contribution in [-0.2, 0) is 22.6 Å². The van der Waals surface area contributed by atoms with Crippen molar-refractivity contribution in [2.24, 2.45) is 11.8 Å². The molecule has 2 aromatic rings. The molecule has 0 aliphatic carbocycles. The van der Waals surface area contributed by atoms with Crippen molar-refractivity contribution in [2.75, 3.05) is 19.6 Å². The average molecular weight is 423 g/mol. The molecule has 4 nitrogen and oxygen atoms in total. The van der Waals surface area contributed by atoms with E-state index in [0.29, 0.717) is 32.0 Å². The Morgan fingerprint density at radius 3 is 2.29 bits per heavy atom. The molecule has 0 saturated carbocycles. The van der Waals surface area contributed by atoms with Crippen LogP contribution in [0.4, 0.5) is 4.39 Å². The van der Waals surface area contributed by atoms with E-state index in [-0.39, 0.29) is 23.5 Å². The molecule has 2 heterocycles. The van der Waals surface area contributed by atoms with Crippen molar-refractivity contribution in [2.45, 2.75) is 45.1 Å². The van der Waals surface area contributed by atoms with Gasteiger partial charge in [-0.3, -0.25) is 9.59 Å². The Hall–Kier alpha value is -2.69. The topological polar surface area (TPSA) is 40.6 Å². The molecule has 2 aliphatic heterocycles. The van der Waals surface area contributed by atoms with Gasteiger partial charge in [-0.05, 0) is 54.9 Å². The van der Waals surface area contributed by atoms with Gasteiger partial charge in [0, 0.05) is 32.1 Å². The second-order valence-electron chi connectivity index (χ2n) is 8.87. The van der Waals surface area contributed by atoms with E-state index in [2.05, 4.69) is 12.1 Å². The maximum atomic E-state index is 13.3. The quantitative estimate of drug-likeness (QED) is 0.715. The molecule has 2 aliphatic rings. The number of benzene rings is 2. The minimum atomic E-state index is -0.286. The van der Waals surface area contributed by atoms with Crippen LogP contribution in [-0.4, -0.2) is 41.2 Å². The Balaban J connectivity index is 1.33. The van der Waals surface area contributed by atoms with Crippen molar-refractivity contribution in [1.29, 1.82) is 0 Å². The summed E-state index contributed by atoms with van der Waals surface area (Å²) < 4.78 is 13.1. The van der Waals surface area contributed by atoms with E-state index >= 15 is 0 Å². The summed E-state index contributed by atoms with van der Waals surface area (Å²) in [5.74, 6) is 0.506. The van der Waals surface area contributed by atoms with Crippen molar-refractivity contribution >= 4 is 11.8 Å². The summed E-state index contributed by atoms with van der Waals surface area (Å²) in [6.07, 6.45) is 5.17. The first-order chi connectivity index (χ1) is 15.1. The first kappa shape index (κ1) is 21.5. The van der Waals surface area contributed by atoms with Crippen LogP contribution < -0.4 is 0 Å². The normalized spacial score (nSPS) is 20.5. The van der Waals surface area contributed by atoms with Gasteiger partial charge in [-0.25, -0.2) is 4.39 Å². The molecule has 2 saturated heterocycles. The van der Waals surface area contributed by atoms with Gasteiger partial charge < -0.3 is 9.80 Å². The molecule has 2 aromatic carbocycles. The number of carbonyl (C=O) groups is 2. The number of likely N-dealkylation sites (tertiary alicyclic amines) is 2. The van der Waals surface area contributed by atoms with Crippen LogP contribution in [0.3, 0.4) is 0 Å². The molecule has 2 amide bonds. The Kier molecular flexibility index (Phi) is 7.00. The van der Waals surface area contributed by atoms with Crippen molar-refractivity contribution < 1.29 is 14.0 Å². The van der Waals surface area contributed by atoms with E-state index in [1.165, 1.54) is 17.7 Å². The molecule has 4 rings (SSSR count). The van der Waals surface area contributed by atoms with E-state index < -0.39 is 0 Å². The highest BCUT2D eigenvalue weighted by atomic mass is 19.1. The second kappa shape index (κ2) is 10.1. The number of nitrogens with zero attached hydrogens (tertiary/aromatic N) is 2. The van der Waals surface area contributed by atoms with Gasteiger partial charge in [-0.1, -0.05) is 48.9 Å². The number of hydrogen-bond acceptors (Lipinski definition) is 2. The number of hydrogen-bond donors (Lipinski definition) is 0. The van der Waals surface area contributed by atoms with Gasteiger partial charge in [-0.15, -0.1) is 0 Å². The molecule has 0 bridgehead atoms. The lowest BCUT2D eigenvalue weighted by atomic mass is 9.81. The van der Waals surface area contributed by atoms with Crippen molar-refractivity contribution in [3.05, 3.63) is 71.5 Å². The van der Waals surface area contributed by atoms with Crippen LogP contribution in [0, 0.1) is 17.7 Å². The zero-order chi connectivity index (χ0) is 21.6. The predicted octanol–water partition coefficient (Wildman–Crippen LogP) is 4.44. The first-order valence-corrected chi connectivity index (χ1v) is 11.4. The fourth-order valence-electron chi connectivity index (χ4n) is 4.97. The van der Waals surface area contributed by atoms with Crippen LogP contribution in [0.15, 0.2) is 54.6 Å². The number of rotatable bonds is 5. The number of amides is 2. The van der Waals surface area contributed by atoms with Gasteiger partial charge in [0.25, 0.3) is 0 Å². The summed E-state index contributed by atoms with van der Waals surface area (Å²) in [6.45, 7) is 2.92. The van der Waals surface area contributed by atoms with Crippen LogP contribution >= 0.6 is 0 Å². The molecule has 0 spiro atoms. The lowest BCUT2D eigenvalue weighted by molar-refractivity contribution is -0.138. The van der Waals surface area contributed by atoms with Crippen molar-refractivity contribution in [3.8, 4) is 0 Å². The summed E-state index contributed by atoms with van der Waals surface area (Å²) in [6, 6.07) is 16.3. The maximum absolute atomic E-state index is 13.3. The van der Waals surface area contributed by atoms with Crippen LogP contribution in [0.5, 0.6) is 0 Å². The minimum absolute atomic E-state index is 0.0700. The lowest BCUT2D eigenvalue weighted by Crippen LogP contribution is -2.44.